The Hall–Kier alpha value is -3.75. The molecular weight excluding hydrogens is 393 g/mol. The third kappa shape index (κ3) is 5.63. The minimum Gasteiger partial charge on any atom is -0.454 e. The van der Waals surface area contributed by atoms with Crippen LogP contribution < -0.4 is 10.6 Å². The Morgan fingerprint density at radius 2 is 1.77 bits per heavy atom. The predicted octanol–water partition coefficient (Wildman–Crippen LogP) is 2.18. The van der Waals surface area contributed by atoms with Crippen molar-refractivity contribution in [3.8, 4) is 0 Å². The molecule has 8 nitrogen and oxygen atoms in total. The minimum absolute atomic E-state index is 0.113. The summed E-state index contributed by atoms with van der Waals surface area (Å²) in [5.41, 5.74) is 0.810. The molecule has 0 aromatic heterocycles. The number of hydrogen-bond acceptors (Lipinski definition) is 5. The van der Waals surface area contributed by atoms with Crippen LogP contribution in [0.3, 0.4) is 0 Å². The van der Waals surface area contributed by atoms with E-state index in [0.717, 1.165) is 0 Å². The van der Waals surface area contributed by atoms with Crippen LogP contribution in [0.15, 0.2) is 48.5 Å². The van der Waals surface area contributed by atoms with Crippen LogP contribution >= 0.6 is 0 Å². The molecular formula is C21H20FN3O5. The number of esters is 1. The second kappa shape index (κ2) is 9.64. The molecule has 1 aliphatic heterocycles. The number of benzene rings is 2. The van der Waals surface area contributed by atoms with Gasteiger partial charge in [0.1, 0.15) is 12.4 Å². The highest BCUT2D eigenvalue weighted by Crippen LogP contribution is 2.18. The molecule has 1 saturated heterocycles. The number of nitrogens with zero attached hydrogens (tertiary/aromatic N) is 1. The molecule has 156 valence electrons. The molecule has 0 bridgehead atoms. The van der Waals surface area contributed by atoms with Crippen molar-refractivity contribution in [1.82, 2.24) is 4.90 Å². The quantitative estimate of drug-likeness (QED) is 0.677. The van der Waals surface area contributed by atoms with Gasteiger partial charge in [-0.1, -0.05) is 12.1 Å². The van der Waals surface area contributed by atoms with Crippen molar-refractivity contribution in [3.05, 3.63) is 59.9 Å². The van der Waals surface area contributed by atoms with Gasteiger partial charge in [-0.15, -0.1) is 0 Å². The number of para-hydroxylation sites is 1. The van der Waals surface area contributed by atoms with Crippen molar-refractivity contribution in [3.63, 3.8) is 0 Å². The number of rotatable bonds is 7. The lowest BCUT2D eigenvalue weighted by Crippen LogP contribution is -2.33. The van der Waals surface area contributed by atoms with Crippen molar-refractivity contribution in [2.45, 2.75) is 12.8 Å². The van der Waals surface area contributed by atoms with Crippen LogP contribution in [0.2, 0.25) is 0 Å². The third-order valence-electron chi connectivity index (χ3n) is 4.40. The van der Waals surface area contributed by atoms with E-state index in [1.54, 1.807) is 12.1 Å². The number of amides is 3. The molecule has 2 aromatic rings. The zero-order valence-corrected chi connectivity index (χ0v) is 16.0. The Morgan fingerprint density at radius 3 is 2.47 bits per heavy atom. The fourth-order valence-corrected chi connectivity index (χ4v) is 2.93. The topological polar surface area (TPSA) is 105 Å². The van der Waals surface area contributed by atoms with Gasteiger partial charge in [-0.25, -0.2) is 4.39 Å². The Bertz CT molecular complexity index is 961. The van der Waals surface area contributed by atoms with Gasteiger partial charge in [0.25, 0.3) is 11.8 Å². The van der Waals surface area contributed by atoms with Crippen molar-refractivity contribution < 1.29 is 28.3 Å². The summed E-state index contributed by atoms with van der Waals surface area (Å²) in [5, 5.41) is 5.14. The largest absolute Gasteiger partial charge is 0.454 e. The first kappa shape index (κ1) is 21.0. The third-order valence-corrected chi connectivity index (χ3v) is 4.40. The summed E-state index contributed by atoms with van der Waals surface area (Å²) >= 11 is 0. The molecule has 3 amide bonds. The van der Waals surface area contributed by atoms with Gasteiger partial charge < -0.3 is 20.3 Å². The SMILES string of the molecule is O=C(COC(=O)CN1CCCC1=O)Nc1ccccc1C(=O)Nc1ccc(F)cc1. The zero-order chi connectivity index (χ0) is 21.5. The summed E-state index contributed by atoms with van der Waals surface area (Å²) in [7, 11) is 0. The summed E-state index contributed by atoms with van der Waals surface area (Å²) in [4.78, 5) is 49.4. The maximum atomic E-state index is 13.0. The molecule has 1 fully saturated rings. The molecule has 0 spiro atoms. The van der Waals surface area contributed by atoms with Crippen LogP contribution in [0.1, 0.15) is 23.2 Å². The molecule has 0 radical (unpaired) electrons. The molecule has 2 N–H and O–H groups in total. The fraction of sp³-hybridized carbons (Fsp3) is 0.238. The predicted molar refractivity (Wildman–Crippen MR) is 106 cm³/mol. The number of carbonyl (C=O) groups excluding carboxylic acids is 4. The smallest absolute Gasteiger partial charge is 0.326 e. The van der Waals surface area contributed by atoms with E-state index in [4.69, 9.17) is 4.74 Å². The van der Waals surface area contributed by atoms with E-state index in [9.17, 15) is 23.6 Å². The van der Waals surface area contributed by atoms with Crippen molar-refractivity contribution in [1.29, 1.82) is 0 Å². The van der Waals surface area contributed by atoms with Crippen LogP contribution in [0.25, 0.3) is 0 Å². The standard InChI is InChI=1S/C21H20FN3O5/c22-14-7-9-15(10-8-14)23-21(29)16-4-1-2-5-17(16)24-18(26)13-30-20(28)12-25-11-3-6-19(25)27/h1-2,4-5,7-10H,3,6,11-13H2,(H,23,29)(H,24,26). The Kier molecular flexibility index (Phi) is 6.74. The first-order valence-electron chi connectivity index (χ1n) is 9.31. The molecule has 2 aromatic carbocycles. The summed E-state index contributed by atoms with van der Waals surface area (Å²) in [5.74, 6) is -2.34. The molecule has 1 aliphatic rings. The van der Waals surface area contributed by atoms with E-state index in [-0.39, 0.29) is 23.7 Å². The van der Waals surface area contributed by atoms with Crippen LogP contribution in [-0.4, -0.2) is 48.3 Å². The van der Waals surface area contributed by atoms with Gasteiger partial charge >= 0.3 is 5.97 Å². The summed E-state index contributed by atoms with van der Waals surface area (Å²) in [6.45, 7) is -0.242. The lowest BCUT2D eigenvalue weighted by atomic mass is 10.1. The highest BCUT2D eigenvalue weighted by Gasteiger charge is 2.23. The van der Waals surface area contributed by atoms with Gasteiger partial charge in [0.05, 0.1) is 11.3 Å². The summed E-state index contributed by atoms with van der Waals surface area (Å²) in [6.07, 6.45) is 1.11. The Balaban J connectivity index is 1.55. The van der Waals surface area contributed by atoms with Crippen molar-refractivity contribution in [2.75, 3.05) is 30.3 Å². The van der Waals surface area contributed by atoms with Gasteiger partial charge in [-0.3, -0.25) is 19.2 Å². The highest BCUT2D eigenvalue weighted by atomic mass is 19.1. The summed E-state index contributed by atoms with van der Waals surface area (Å²) in [6, 6.07) is 11.6. The maximum Gasteiger partial charge on any atom is 0.326 e. The van der Waals surface area contributed by atoms with E-state index in [0.29, 0.717) is 25.1 Å². The van der Waals surface area contributed by atoms with E-state index in [2.05, 4.69) is 10.6 Å². The second-order valence-electron chi connectivity index (χ2n) is 6.63. The average Bonchev–Trinajstić information content (AvgIpc) is 3.13. The van der Waals surface area contributed by atoms with Gasteiger partial charge in [0.15, 0.2) is 6.61 Å². The zero-order valence-electron chi connectivity index (χ0n) is 16.0. The van der Waals surface area contributed by atoms with Gasteiger partial charge in [0.2, 0.25) is 5.91 Å². The number of anilines is 2. The van der Waals surface area contributed by atoms with Gasteiger partial charge in [-0.05, 0) is 42.8 Å². The number of nitrogens with one attached hydrogen (secondary N) is 2. The molecule has 1 heterocycles. The lowest BCUT2D eigenvalue weighted by Gasteiger charge is -2.15. The molecule has 9 heteroatoms. The Labute approximate surface area is 172 Å². The highest BCUT2D eigenvalue weighted by molar-refractivity contribution is 6.10. The minimum atomic E-state index is -0.678. The number of ether oxygens (including phenoxy) is 1. The van der Waals surface area contributed by atoms with Crippen molar-refractivity contribution >= 4 is 35.1 Å². The monoisotopic (exact) mass is 413 g/mol. The van der Waals surface area contributed by atoms with Crippen LogP contribution in [0.5, 0.6) is 0 Å². The number of carbonyl (C=O) groups is 4. The van der Waals surface area contributed by atoms with Crippen LogP contribution in [0.4, 0.5) is 15.8 Å². The molecule has 3 rings (SSSR count). The number of halogens is 1. The molecule has 0 atom stereocenters. The number of hydrogen-bond donors (Lipinski definition) is 2. The van der Waals surface area contributed by atoms with Crippen LogP contribution in [-0.2, 0) is 19.1 Å². The summed E-state index contributed by atoms with van der Waals surface area (Å²) < 4.78 is 17.9. The fourth-order valence-electron chi connectivity index (χ4n) is 2.93. The van der Waals surface area contributed by atoms with Gasteiger partial charge in [0, 0.05) is 18.7 Å². The lowest BCUT2D eigenvalue weighted by molar-refractivity contribution is -0.150. The normalized spacial score (nSPS) is 13.1. The average molecular weight is 413 g/mol. The molecule has 0 aliphatic carbocycles. The Morgan fingerprint density at radius 1 is 1.03 bits per heavy atom. The second-order valence-corrected chi connectivity index (χ2v) is 6.63. The van der Waals surface area contributed by atoms with E-state index in [1.807, 2.05) is 0 Å². The number of likely N-dealkylation sites (tertiary alicyclic amines) is 1. The molecule has 30 heavy (non-hydrogen) atoms. The first-order chi connectivity index (χ1) is 14.4. The molecule has 0 saturated carbocycles. The first-order valence-corrected chi connectivity index (χ1v) is 9.31. The van der Waals surface area contributed by atoms with Gasteiger partial charge in [-0.2, -0.15) is 0 Å². The van der Waals surface area contributed by atoms with E-state index >= 15 is 0 Å². The van der Waals surface area contributed by atoms with Crippen LogP contribution in [0, 0.1) is 5.82 Å². The molecule has 0 unspecified atom stereocenters. The van der Waals surface area contributed by atoms with E-state index in [1.165, 1.54) is 41.3 Å². The van der Waals surface area contributed by atoms with E-state index < -0.39 is 30.2 Å². The maximum absolute atomic E-state index is 13.0. The van der Waals surface area contributed by atoms with Crippen molar-refractivity contribution in [2.24, 2.45) is 0 Å².